The first-order chi connectivity index (χ1) is 12.4. The van der Waals surface area contributed by atoms with Crippen molar-refractivity contribution in [3.63, 3.8) is 0 Å². The number of hydrogen-bond acceptors (Lipinski definition) is 4. The molecule has 0 heterocycles. The Balaban J connectivity index is 2.70. The highest BCUT2D eigenvalue weighted by Gasteiger charge is 2.22. The molecule has 0 saturated carbocycles. The van der Waals surface area contributed by atoms with Gasteiger partial charge in [0.25, 0.3) is 0 Å². The van der Waals surface area contributed by atoms with Gasteiger partial charge >= 0.3 is 0 Å². The second-order valence-electron chi connectivity index (χ2n) is 5.75. The summed E-state index contributed by atoms with van der Waals surface area (Å²) in [4.78, 5) is 35.7. The molecule has 7 nitrogen and oxygen atoms in total. The van der Waals surface area contributed by atoms with Gasteiger partial charge in [-0.1, -0.05) is 42.6 Å². The number of rotatable bonds is 10. The molecule has 1 atom stereocenters. The third-order valence-electron chi connectivity index (χ3n) is 3.63. The Kier molecular flexibility index (Phi) is 10.0. The Morgan fingerprint density at radius 2 is 1.92 bits per heavy atom. The topological polar surface area (TPSA) is 108 Å². The number of carbonyl (C=O) groups is 3. The molecule has 1 rings (SSSR count). The minimum Gasteiger partial charge on any atom is -0.354 e. The molecule has 3 amide bonds. The molecule has 1 aromatic carbocycles. The maximum Gasteiger partial charge on any atom is 0.243 e. The maximum atomic E-state index is 12.3. The Bertz CT molecular complexity index is 640. The molecule has 0 fully saturated rings. The van der Waals surface area contributed by atoms with Gasteiger partial charge in [-0.25, -0.2) is 5.48 Å². The van der Waals surface area contributed by atoms with E-state index in [0.29, 0.717) is 22.2 Å². The zero-order valence-corrected chi connectivity index (χ0v) is 16.0. The van der Waals surface area contributed by atoms with E-state index in [0.717, 1.165) is 12.8 Å². The van der Waals surface area contributed by atoms with Crippen LogP contribution in [0.4, 0.5) is 0 Å². The van der Waals surface area contributed by atoms with Crippen LogP contribution in [0.1, 0.15) is 38.2 Å². The van der Waals surface area contributed by atoms with Gasteiger partial charge in [0.05, 0.1) is 6.42 Å². The molecule has 9 heteroatoms. The van der Waals surface area contributed by atoms with Crippen LogP contribution < -0.4 is 16.1 Å². The summed E-state index contributed by atoms with van der Waals surface area (Å²) in [5, 5.41) is 14.7. The SMILES string of the molecule is CCCCNC(=O)[C@H](CCC(=O)NO)NC(=O)Cc1ccc(Cl)cc1Cl. The Morgan fingerprint density at radius 1 is 1.19 bits per heavy atom. The number of carbonyl (C=O) groups excluding carboxylic acids is 3. The van der Waals surface area contributed by atoms with Gasteiger partial charge < -0.3 is 10.6 Å². The Morgan fingerprint density at radius 3 is 2.54 bits per heavy atom. The van der Waals surface area contributed by atoms with Crippen molar-refractivity contribution < 1.29 is 19.6 Å². The minimum atomic E-state index is -0.886. The summed E-state index contributed by atoms with van der Waals surface area (Å²) in [5.41, 5.74) is 2.08. The molecule has 4 N–H and O–H groups in total. The van der Waals surface area contributed by atoms with Crippen LogP contribution >= 0.6 is 23.2 Å². The van der Waals surface area contributed by atoms with Crippen LogP contribution in [0.25, 0.3) is 0 Å². The Labute approximate surface area is 162 Å². The van der Waals surface area contributed by atoms with Crippen molar-refractivity contribution in [2.24, 2.45) is 0 Å². The van der Waals surface area contributed by atoms with Gasteiger partial charge in [0.1, 0.15) is 6.04 Å². The number of nitrogens with one attached hydrogen (secondary N) is 3. The highest BCUT2D eigenvalue weighted by molar-refractivity contribution is 6.35. The summed E-state index contributed by atoms with van der Waals surface area (Å²) in [5.74, 6) is -1.42. The lowest BCUT2D eigenvalue weighted by Gasteiger charge is -2.18. The van der Waals surface area contributed by atoms with Gasteiger partial charge in [0, 0.05) is 23.0 Å². The maximum absolute atomic E-state index is 12.3. The van der Waals surface area contributed by atoms with Gasteiger partial charge in [-0.2, -0.15) is 0 Å². The van der Waals surface area contributed by atoms with Crippen LogP contribution in [-0.2, 0) is 20.8 Å². The molecule has 0 radical (unpaired) electrons. The molecule has 0 aliphatic heterocycles. The minimum absolute atomic E-state index is 0.0268. The van der Waals surface area contributed by atoms with Crippen LogP contribution in [0.3, 0.4) is 0 Å². The highest BCUT2D eigenvalue weighted by Crippen LogP contribution is 2.21. The van der Waals surface area contributed by atoms with Crippen LogP contribution in [0.5, 0.6) is 0 Å². The summed E-state index contributed by atoms with van der Waals surface area (Å²) < 4.78 is 0. The first-order valence-corrected chi connectivity index (χ1v) is 9.06. The Hall–Kier alpha value is -1.83. The van der Waals surface area contributed by atoms with E-state index in [-0.39, 0.29) is 25.2 Å². The number of benzene rings is 1. The van der Waals surface area contributed by atoms with E-state index in [1.807, 2.05) is 6.92 Å². The molecule has 26 heavy (non-hydrogen) atoms. The van der Waals surface area contributed by atoms with Crippen molar-refractivity contribution in [2.45, 2.75) is 45.1 Å². The van der Waals surface area contributed by atoms with Crippen molar-refractivity contribution in [2.75, 3.05) is 6.54 Å². The number of hydroxylamine groups is 1. The fourth-order valence-corrected chi connectivity index (χ4v) is 2.67. The molecule has 0 aromatic heterocycles. The van der Waals surface area contributed by atoms with Gasteiger partial charge in [-0.3, -0.25) is 19.6 Å². The zero-order chi connectivity index (χ0) is 19.5. The fourth-order valence-electron chi connectivity index (χ4n) is 2.20. The fraction of sp³-hybridized carbons (Fsp3) is 0.471. The van der Waals surface area contributed by atoms with Gasteiger partial charge in [0.15, 0.2) is 0 Å². The molecule has 0 saturated heterocycles. The molecule has 144 valence electrons. The lowest BCUT2D eigenvalue weighted by Crippen LogP contribution is -2.47. The number of halogens is 2. The summed E-state index contributed by atoms with van der Waals surface area (Å²) in [6, 6.07) is 3.91. The van der Waals surface area contributed by atoms with Crippen molar-refractivity contribution in [1.29, 1.82) is 0 Å². The molecule has 1 aromatic rings. The van der Waals surface area contributed by atoms with E-state index in [2.05, 4.69) is 10.6 Å². The molecular weight excluding hydrogens is 381 g/mol. The average molecular weight is 404 g/mol. The smallest absolute Gasteiger partial charge is 0.243 e. The van der Waals surface area contributed by atoms with Crippen molar-refractivity contribution in [3.05, 3.63) is 33.8 Å². The monoisotopic (exact) mass is 403 g/mol. The van der Waals surface area contributed by atoms with Crippen LogP contribution in [0.15, 0.2) is 18.2 Å². The van der Waals surface area contributed by atoms with E-state index < -0.39 is 17.9 Å². The third-order valence-corrected chi connectivity index (χ3v) is 4.22. The van der Waals surface area contributed by atoms with Crippen LogP contribution in [-0.4, -0.2) is 35.5 Å². The second kappa shape index (κ2) is 11.7. The first kappa shape index (κ1) is 22.2. The van der Waals surface area contributed by atoms with Crippen LogP contribution in [0.2, 0.25) is 10.0 Å². The summed E-state index contributed by atoms with van der Waals surface area (Å²) in [6.07, 6.45) is 1.65. The lowest BCUT2D eigenvalue weighted by molar-refractivity contribution is -0.131. The molecule has 0 aliphatic carbocycles. The highest BCUT2D eigenvalue weighted by atomic mass is 35.5. The van der Waals surface area contributed by atoms with Gasteiger partial charge in [-0.05, 0) is 30.5 Å². The van der Waals surface area contributed by atoms with E-state index in [9.17, 15) is 14.4 Å². The van der Waals surface area contributed by atoms with Crippen molar-refractivity contribution >= 4 is 40.9 Å². The lowest BCUT2D eigenvalue weighted by atomic mass is 10.1. The quantitative estimate of drug-likeness (QED) is 0.273. The van der Waals surface area contributed by atoms with E-state index in [1.165, 1.54) is 11.5 Å². The van der Waals surface area contributed by atoms with Crippen molar-refractivity contribution in [1.82, 2.24) is 16.1 Å². The standard InChI is InChI=1S/C17H23Cl2N3O4/c1-2-3-8-20-17(25)14(6-7-15(23)22-26)21-16(24)9-11-4-5-12(18)10-13(11)19/h4-5,10,14,26H,2-3,6-9H2,1H3,(H,20,25)(H,21,24)(H,22,23)/t14-/m0/s1. The van der Waals surface area contributed by atoms with Crippen molar-refractivity contribution in [3.8, 4) is 0 Å². The number of amides is 3. The molecule has 0 spiro atoms. The second-order valence-corrected chi connectivity index (χ2v) is 6.59. The normalized spacial score (nSPS) is 11.5. The summed E-state index contributed by atoms with van der Waals surface area (Å²) in [7, 11) is 0. The van der Waals surface area contributed by atoms with Gasteiger partial charge in [-0.15, -0.1) is 0 Å². The van der Waals surface area contributed by atoms with E-state index in [1.54, 1.807) is 12.1 Å². The predicted molar refractivity (Wildman–Crippen MR) is 99.2 cm³/mol. The van der Waals surface area contributed by atoms with E-state index >= 15 is 0 Å². The number of unbranched alkanes of at least 4 members (excludes halogenated alkanes) is 1. The van der Waals surface area contributed by atoms with E-state index in [4.69, 9.17) is 28.4 Å². The van der Waals surface area contributed by atoms with Gasteiger partial charge in [0.2, 0.25) is 17.7 Å². The zero-order valence-electron chi connectivity index (χ0n) is 14.5. The summed E-state index contributed by atoms with van der Waals surface area (Å²) >= 11 is 11.9. The van der Waals surface area contributed by atoms with Crippen LogP contribution in [0, 0.1) is 0 Å². The predicted octanol–water partition coefficient (Wildman–Crippen LogP) is 2.22. The summed E-state index contributed by atoms with van der Waals surface area (Å²) in [6.45, 7) is 2.48. The average Bonchev–Trinajstić information content (AvgIpc) is 2.60. The molecule has 0 aliphatic rings. The third kappa shape index (κ3) is 8.03. The largest absolute Gasteiger partial charge is 0.354 e. The molecule has 0 unspecified atom stereocenters. The number of hydrogen-bond donors (Lipinski definition) is 4. The first-order valence-electron chi connectivity index (χ1n) is 8.31. The molecular formula is C17H23Cl2N3O4. The molecule has 0 bridgehead atoms.